The summed E-state index contributed by atoms with van der Waals surface area (Å²) in [6, 6.07) is 15.2. The van der Waals surface area contributed by atoms with Gasteiger partial charge in [-0.2, -0.15) is 0 Å². The van der Waals surface area contributed by atoms with Gasteiger partial charge in [0.2, 0.25) is 17.7 Å². The van der Waals surface area contributed by atoms with Gasteiger partial charge in [-0.05, 0) is 37.8 Å². The Hall–Kier alpha value is -5.55. The molecule has 2 aromatic heterocycles. The molecule has 5 fully saturated rings. The third-order valence-corrected chi connectivity index (χ3v) is 19.8. The molecule has 0 saturated carbocycles. The minimum absolute atomic E-state index is 0.0283. The average Bonchev–Trinajstić information content (AvgIpc) is 4.05. The van der Waals surface area contributed by atoms with Crippen molar-refractivity contribution >= 4 is 91.9 Å². The monoisotopic (exact) mass is 1050 g/mol. The minimum Gasteiger partial charge on any atom is -0.371 e. The van der Waals surface area contributed by atoms with E-state index in [9.17, 15) is 19.3 Å². The number of fused-ring (bicyclic) bond motifs is 1. The summed E-state index contributed by atoms with van der Waals surface area (Å²) in [4.78, 5) is 72.9. The van der Waals surface area contributed by atoms with Crippen LogP contribution in [0.15, 0.2) is 59.2 Å². The zero-order valence-electron chi connectivity index (χ0n) is 40.5. The van der Waals surface area contributed by atoms with Crippen molar-refractivity contribution in [2.24, 2.45) is 5.92 Å². The van der Waals surface area contributed by atoms with E-state index in [0.29, 0.717) is 66.3 Å². The molecule has 1 unspecified atom stereocenters. The summed E-state index contributed by atoms with van der Waals surface area (Å²) in [5, 5.41) is 11.1. The van der Waals surface area contributed by atoms with E-state index in [1.807, 2.05) is 34.9 Å². The first-order valence-electron chi connectivity index (χ1n) is 25.0. The van der Waals surface area contributed by atoms with Gasteiger partial charge in [0.1, 0.15) is 11.6 Å². The van der Waals surface area contributed by atoms with E-state index in [0.717, 1.165) is 110 Å². The van der Waals surface area contributed by atoms with Gasteiger partial charge in [-0.3, -0.25) is 24.6 Å². The van der Waals surface area contributed by atoms with E-state index < -0.39 is 36.9 Å². The number of benzene rings is 3. The molecule has 2 atom stereocenters. The van der Waals surface area contributed by atoms with Gasteiger partial charge >= 0.3 is 225 Å². The molecule has 376 valence electrons. The molecule has 3 amide bonds. The van der Waals surface area contributed by atoms with Gasteiger partial charge in [0, 0.05) is 76.1 Å². The fraction of sp³-hybridized carbons (Fsp3) is 0.462. The van der Waals surface area contributed by atoms with Crippen molar-refractivity contribution in [3.05, 3.63) is 87.7 Å². The molecule has 7 heterocycles. The zero-order chi connectivity index (χ0) is 49.6. The summed E-state index contributed by atoms with van der Waals surface area (Å²) in [6.45, 7) is 9.63. The number of amides is 3. The van der Waals surface area contributed by atoms with Gasteiger partial charge in [0.15, 0.2) is 0 Å². The number of piperidine rings is 2. The molecule has 15 nitrogen and oxygen atoms in total. The number of aryl methyl sites for hydroxylation is 2. The van der Waals surface area contributed by atoms with Crippen LogP contribution in [0.25, 0.3) is 10.9 Å². The molecule has 5 aromatic rings. The second kappa shape index (κ2) is 20.5. The number of aromatic nitrogens is 3. The maximum absolute atomic E-state index is 15.3. The number of hydrogen-bond donors (Lipinski definition) is 4. The normalized spacial score (nSPS) is 21.4. The molecule has 19 heteroatoms. The smallest absolute Gasteiger partial charge is 0.371 e. The molecule has 0 bridgehead atoms. The Labute approximate surface area is 421 Å². The molecule has 0 radical (unpaired) electrons. The molecule has 5 aliphatic heterocycles. The number of piperazine rings is 1. The fourth-order valence-electron chi connectivity index (χ4n) is 11.6. The molecule has 5 aliphatic rings. The van der Waals surface area contributed by atoms with Crippen LogP contribution in [-0.2, 0) is 20.8 Å². The maximum atomic E-state index is 15.3. The van der Waals surface area contributed by atoms with Gasteiger partial charge < -0.3 is 9.80 Å². The molecule has 4 N–H and O–H groups in total. The number of rotatable bonds is 12. The Kier molecular flexibility index (Phi) is 14.2. The van der Waals surface area contributed by atoms with Crippen LogP contribution in [0, 0.1) is 24.5 Å². The summed E-state index contributed by atoms with van der Waals surface area (Å²) in [5.41, 5.74) is 5.77. The molecule has 0 aliphatic carbocycles. The van der Waals surface area contributed by atoms with Gasteiger partial charge in [0.25, 0.3) is 0 Å². The topological polar surface area (TPSA) is 168 Å². The number of imide groups is 1. The number of pyridine rings is 1. The van der Waals surface area contributed by atoms with Crippen LogP contribution in [0.2, 0.25) is 0 Å². The number of halogens is 3. The fourth-order valence-corrected chi connectivity index (χ4v) is 15.7. The first-order chi connectivity index (χ1) is 34.3. The second-order valence-electron chi connectivity index (χ2n) is 19.8. The third kappa shape index (κ3) is 10.0. The zero-order valence-corrected chi connectivity index (χ0v) is 43.1. The first-order valence-corrected chi connectivity index (χ1v) is 28.2. The van der Waals surface area contributed by atoms with E-state index >= 15 is 8.78 Å². The van der Waals surface area contributed by atoms with Crippen LogP contribution in [0.4, 0.5) is 43.3 Å². The van der Waals surface area contributed by atoms with E-state index in [1.165, 1.54) is 17.7 Å². The number of anilines is 6. The number of nitrogens with one attached hydrogen (secondary N) is 3. The van der Waals surface area contributed by atoms with E-state index in [2.05, 4.69) is 71.8 Å². The van der Waals surface area contributed by atoms with Crippen molar-refractivity contribution in [2.45, 2.75) is 77.2 Å². The Morgan fingerprint density at radius 2 is 1.63 bits per heavy atom. The molecular formula is C52H62BrF2N10O5P. The summed E-state index contributed by atoms with van der Waals surface area (Å²) in [7, 11) is -1.09. The molecule has 3 aromatic carbocycles. The number of carbonyl (C=O) groups excluding carboxylic acids is 3. The molecular weight excluding hydrogens is 994 g/mol. The van der Waals surface area contributed by atoms with Gasteiger partial charge in [0.05, 0.1) is 11.8 Å². The van der Waals surface area contributed by atoms with Crippen LogP contribution in [-0.4, -0.2) is 125 Å². The summed E-state index contributed by atoms with van der Waals surface area (Å²) < 4.78 is 37.3. The van der Waals surface area contributed by atoms with Crippen molar-refractivity contribution in [3.8, 4) is 5.75 Å². The van der Waals surface area contributed by atoms with Crippen molar-refractivity contribution < 1.29 is 32.8 Å². The predicted molar refractivity (Wildman–Crippen MR) is 279 cm³/mol. The van der Waals surface area contributed by atoms with Crippen molar-refractivity contribution in [3.63, 3.8) is 0 Å². The molecule has 0 spiro atoms. The van der Waals surface area contributed by atoms with Crippen LogP contribution >= 0.6 is 23.4 Å². The van der Waals surface area contributed by atoms with Crippen molar-refractivity contribution in [2.75, 3.05) is 92.2 Å². The van der Waals surface area contributed by atoms with Crippen LogP contribution in [0.5, 0.6) is 5.75 Å². The Morgan fingerprint density at radius 1 is 0.901 bits per heavy atom. The van der Waals surface area contributed by atoms with E-state index in [1.54, 1.807) is 13.3 Å². The van der Waals surface area contributed by atoms with Crippen LogP contribution < -0.4 is 35.8 Å². The number of ether oxygens (including phenoxy) is 1. The first kappa shape index (κ1) is 49.0. The Bertz CT molecular complexity index is 2850. The van der Waals surface area contributed by atoms with E-state index in [4.69, 9.17) is 14.7 Å². The Balaban J connectivity index is 0.747. The van der Waals surface area contributed by atoms with Crippen molar-refractivity contribution in [1.82, 2.24) is 30.1 Å². The van der Waals surface area contributed by atoms with Crippen molar-refractivity contribution in [1.29, 1.82) is 0 Å². The van der Waals surface area contributed by atoms with Gasteiger partial charge in [-0.15, -0.1) is 0 Å². The van der Waals surface area contributed by atoms with E-state index in [-0.39, 0.29) is 30.2 Å². The van der Waals surface area contributed by atoms with Gasteiger partial charge in [-0.1, -0.05) is 0 Å². The minimum atomic E-state index is -2.76. The summed E-state index contributed by atoms with van der Waals surface area (Å²) in [5.74, 6) is -2.36. The SMILES string of the molecule is CCc1cc(Nc2ncc(Br)c(Nc3ccc4nc(C)ccc4c3[PH]3(O)CCCC3)n2)c(OC)cc1N1CCC(N2CCN(C(=O)[C@@H]3CCN(c4cc(F)c(C5CCC(=O)NC5=O)c(F)c4)C3)CC2)CC1. The third-order valence-electron chi connectivity index (χ3n) is 15.4. The number of nitrogens with zero attached hydrogens (tertiary/aromatic N) is 7. The molecule has 71 heavy (non-hydrogen) atoms. The second-order valence-corrected chi connectivity index (χ2v) is 24.2. The van der Waals surface area contributed by atoms with Crippen LogP contribution in [0.3, 0.4) is 0 Å². The van der Waals surface area contributed by atoms with Crippen LogP contribution in [0.1, 0.15) is 74.6 Å². The number of hydrogen-bond acceptors (Lipinski definition) is 13. The molecule has 5 saturated heterocycles. The summed E-state index contributed by atoms with van der Waals surface area (Å²) >= 11 is 3.67. The predicted octanol–water partition coefficient (Wildman–Crippen LogP) is 7.67. The average molecular weight is 1060 g/mol. The molecule has 10 rings (SSSR count). The standard InChI is InChI=1S/C52H62BrF2N10O5P/c1-4-32-25-43(59-52-56-29-38(53)49(61-52)58-42-11-10-41-36(8-7-31(2)57-41)48(42)71(69)23-5-6-24-71)45(70-3)28-44(32)63-17-14-34(15-18-63)62-19-21-64(22-20-62)51(68)33-13-16-65(30-33)35-26-39(54)47(40(55)27-35)37-9-12-46(66)60-50(37)67/h7-8,10-11,25-29,33-34,37,69,71H,4-6,9,12-24,30H2,1-3H3,(H,60,66,67)(H2,56,58,59,61)/t33-,37?/m1/s1. The quantitative estimate of drug-likeness (QED) is 0.0711. The number of methoxy groups -OCH3 is 1. The Morgan fingerprint density at radius 3 is 2.34 bits per heavy atom. The number of carbonyl (C=O) groups is 3. The summed E-state index contributed by atoms with van der Waals surface area (Å²) in [6.07, 6.45) is 8.86. The van der Waals surface area contributed by atoms with Gasteiger partial charge in [-0.25, -0.2) is 8.78 Å².